The van der Waals surface area contributed by atoms with Gasteiger partial charge in [0, 0.05) is 33.1 Å². The highest BCUT2D eigenvalue weighted by molar-refractivity contribution is 7.92. The van der Waals surface area contributed by atoms with Gasteiger partial charge >= 0.3 is 12.1 Å². The smallest absolute Gasteiger partial charge is 0.414 e. The van der Waals surface area contributed by atoms with Crippen molar-refractivity contribution < 1.29 is 49.8 Å². The van der Waals surface area contributed by atoms with Crippen molar-refractivity contribution in [1.82, 2.24) is 14.5 Å². The van der Waals surface area contributed by atoms with Gasteiger partial charge < -0.3 is 20.1 Å². The molecule has 16 heteroatoms. The van der Waals surface area contributed by atoms with Gasteiger partial charge in [-0.05, 0) is 29.8 Å². The number of carboxylic acid groups (broad SMARTS) is 1. The van der Waals surface area contributed by atoms with Gasteiger partial charge in [-0.3, -0.25) is 4.79 Å². The van der Waals surface area contributed by atoms with Crippen LogP contribution >= 0.6 is 0 Å². The van der Waals surface area contributed by atoms with Gasteiger partial charge in [0.05, 0.1) is 11.5 Å². The van der Waals surface area contributed by atoms with E-state index < -0.39 is 84.5 Å². The van der Waals surface area contributed by atoms with Crippen LogP contribution in [0.1, 0.15) is 5.56 Å². The third-order valence-corrected chi connectivity index (χ3v) is 9.28. The molecule has 3 rings (SSSR count). The van der Waals surface area contributed by atoms with Crippen molar-refractivity contribution >= 4 is 37.8 Å². The number of hydrogen-bond acceptors (Lipinski definition) is 8. The summed E-state index contributed by atoms with van der Waals surface area (Å²) in [5, 5.41) is 11.8. The highest BCUT2D eigenvalue weighted by Crippen LogP contribution is 2.25. The average Bonchev–Trinajstić information content (AvgIpc) is 2.83. The maximum Gasteiger partial charge on any atom is 0.414 e. The molecule has 1 unspecified atom stereocenters. The lowest BCUT2D eigenvalue weighted by atomic mass is 10.1. The van der Waals surface area contributed by atoms with Crippen LogP contribution in [0.3, 0.4) is 0 Å². The van der Waals surface area contributed by atoms with Crippen LogP contribution in [0.5, 0.6) is 5.75 Å². The number of carbonyl (C=O) groups excluding carboxylic acids is 2. The molecule has 39 heavy (non-hydrogen) atoms. The zero-order chi connectivity index (χ0) is 29.1. The van der Waals surface area contributed by atoms with Crippen LogP contribution < -0.4 is 10.1 Å². The Labute approximate surface area is 223 Å². The van der Waals surface area contributed by atoms with E-state index in [-0.39, 0.29) is 12.2 Å². The molecular formula is C23H25F2N3O9S2. The summed E-state index contributed by atoms with van der Waals surface area (Å²) in [6.07, 6.45) is -0.928. The second kappa shape index (κ2) is 11.6. The molecule has 1 heterocycles. The molecule has 2 amide bonds. The number of nitrogens with zero attached hydrogens (tertiary/aromatic N) is 2. The number of carboxylic acids is 1. The first-order chi connectivity index (χ1) is 18.1. The summed E-state index contributed by atoms with van der Waals surface area (Å²) in [6.45, 7) is -0.704. The average molecular weight is 590 g/mol. The highest BCUT2D eigenvalue weighted by atomic mass is 32.2. The van der Waals surface area contributed by atoms with Crippen molar-refractivity contribution in [2.75, 3.05) is 32.1 Å². The van der Waals surface area contributed by atoms with Gasteiger partial charge in [-0.15, -0.1) is 0 Å². The highest BCUT2D eigenvalue weighted by Gasteiger charge is 2.44. The van der Waals surface area contributed by atoms with E-state index in [0.717, 1.165) is 0 Å². The van der Waals surface area contributed by atoms with Crippen LogP contribution in [0, 0.1) is 11.6 Å². The molecule has 0 aromatic heterocycles. The van der Waals surface area contributed by atoms with Gasteiger partial charge in [0.15, 0.2) is 9.84 Å². The summed E-state index contributed by atoms with van der Waals surface area (Å²) in [7, 11) is -5.77. The van der Waals surface area contributed by atoms with Crippen molar-refractivity contribution in [3.8, 4) is 5.75 Å². The molecule has 1 saturated heterocycles. The number of nitrogens with one attached hydrogen (secondary N) is 1. The minimum absolute atomic E-state index is 0.176. The second-order valence-electron chi connectivity index (χ2n) is 8.83. The summed E-state index contributed by atoms with van der Waals surface area (Å²) in [5.41, 5.74) is 0.390. The first-order valence-corrected chi connectivity index (χ1v) is 14.6. The largest absolute Gasteiger partial charge is 0.480 e. The van der Waals surface area contributed by atoms with E-state index in [9.17, 15) is 45.1 Å². The zero-order valence-corrected chi connectivity index (χ0v) is 22.3. The van der Waals surface area contributed by atoms with Crippen molar-refractivity contribution in [2.45, 2.75) is 23.4 Å². The van der Waals surface area contributed by atoms with E-state index in [0.29, 0.717) is 28.1 Å². The molecular weight excluding hydrogens is 564 g/mol. The van der Waals surface area contributed by atoms with Gasteiger partial charge in [-0.25, -0.2) is 35.2 Å². The fraction of sp³-hybridized carbons (Fsp3) is 0.348. The summed E-state index contributed by atoms with van der Waals surface area (Å²) >= 11 is 0. The number of halogens is 2. The van der Waals surface area contributed by atoms with Crippen LogP contribution in [0.4, 0.5) is 13.6 Å². The molecule has 0 radical (unpaired) electrons. The molecule has 1 aliphatic rings. The van der Waals surface area contributed by atoms with E-state index in [1.165, 1.54) is 43.3 Å². The Kier molecular flexibility index (Phi) is 8.92. The van der Waals surface area contributed by atoms with Crippen LogP contribution in [-0.2, 0) is 35.9 Å². The van der Waals surface area contributed by atoms with Gasteiger partial charge in [-0.2, -0.15) is 4.31 Å². The first-order valence-electron chi connectivity index (χ1n) is 11.3. The first kappa shape index (κ1) is 29.9. The molecule has 0 spiro atoms. The number of aliphatic carboxylic acids is 1. The van der Waals surface area contributed by atoms with Crippen molar-refractivity contribution in [2.24, 2.45) is 0 Å². The number of sulfonamides is 1. The number of ether oxygens (including phenoxy) is 1. The SMILES string of the molecule is CN(C)C(=O)Oc1ccc(C[C@H](NC(=O)C2CS(=O)(=O)CCN2S(=O)(=O)c2ccc(F)cc2F)C(=O)O)cc1. The number of benzene rings is 2. The predicted octanol–water partition coefficient (Wildman–Crippen LogP) is 0.625. The Balaban J connectivity index is 1.83. The molecule has 12 nitrogen and oxygen atoms in total. The molecule has 212 valence electrons. The van der Waals surface area contributed by atoms with Gasteiger partial charge in [0.1, 0.15) is 34.4 Å². The number of hydrogen-bond donors (Lipinski definition) is 2. The molecule has 0 bridgehead atoms. The molecule has 0 aliphatic carbocycles. The predicted molar refractivity (Wildman–Crippen MR) is 132 cm³/mol. The minimum Gasteiger partial charge on any atom is -0.480 e. The van der Waals surface area contributed by atoms with Crippen LogP contribution in [0.25, 0.3) is 0 Å². The van der Waals surface area contributed by atoms with E-state index >= 15 is 0 Å². The maximum absolute atomic E-state index is 14.3. The molecule has 2 N–H and O–H groups in total. The second-order valence-corrected chi connectivity index (χ2v) is 12.9. The van der Waals surface area contributed by atoms with Gasteiger partial charge in [0.25, 0.3) is 0 Å². The monoisotopic (exact) mass is 589 g/mol. The topological polar surface area (TPSA) is 167 Å². The summed E-state index contributed by atoms with van der Waals surface area (Å²) in [4.78, 5) is 36.9. The fourth-order valence-corrected chi connectivity index (χ4v) is 6.98. The summed E-state index contributed by atoms with van der Waals surface area (Å²) in [5.74, 6) is -6.67. The lowest BCUT2D eigenvalue weighted by Crippen LogP contribution is -2.59. The van der Waals surface area contributed by atoms with Crippen molar-refractivity contribution in [3.05, 3.63) is 59.7 Å². The Bertz CT molecular complexity index is 1480. The van der Waals surface area contributed by atoms with Gasteiger partial charge in [0.2, 0.25) is 15.9 Å². The Morgan fingerprint density at radius 1 is 1.15 bits per heavy atom. The van der Waals surface area contributed by atoms with Crippen LogP contribution in [0.15, 0.2) is 47.4 Å². The molecule has 2 aromatic carbocycles. The Morgan fingerprint density at radius 2 is 1.79 bits per heavy atom. The zero-order valence-electron chi connectivity index (χ0n) is 20.7. The molecule has 2 atom stereocenters. The molecule has 0 saturated carbocycles. The van der Waals surface area contributed by atoms with Gasteiger partial charge in [-0.1, -0.05) is 12.1 Å². The van der Waals surface area contributed by atoms with E-state index in [4.69, 9.17) is 4.74 Å². The normalized spacial score (nSPS) is 18.1. The van der Waals surface area contributed by atoms with Crippen molar-refractivity contribution in [3.63, 3.8) is 0 Å². The Hall–Kier alpha value is -3.63. The number of rotatable bonds is 8. The standard InChI is InChI=1S/C23H25F2N3O9S2/c1-27(2)23(32)37-16-6-3-14(4-7-16)11-18(22(30)31)26-21(29)19-13-38(33,34)10-9-28(19)39(35,36)20-8-5-15(24)12-17(20)25/h3-8,12,18-19H,9-11,13H2,1-2H3,(H,26,29)(H,30,31)/t18-,19?/m0/s1. The van der Waals surface area contributed by atoms with Crippen LogP contribution in [-0.4, -0.2) is 93.3 Å². The third kappa shape index (κ3) is 7.27. The van der Waals surface area contributed by atoms with Crippen LogP contribution in [0.2, 0.25) is 0 Å². The Morgan fingerprint density at radius 3 is 2.36 bits per heavy atom. The van der Waals surface area contributed by atoms with E-state index in [1.807, 2.05) is 0 Å². The number of sulfone groups is 1. The molecule has 1 fully saturated rings. The third-order valence-electron chi connectivity index (χ3n) is 5.71. The quantitative estimate of drug-likeness (QED) is 0.449. The number of amides is 2. The van der Waals surface area contributed by atoms with E-state index in [2.05, 4.69) is 5.32 Å². The van der Waals surface area contributed by atoms with Crippen molar-refractivity contribution in [1.29, 1.82) is 0 Å². The molecule has 1 aliphatic heterocycles. The summed E-state index contributed by atoms with van der Waals surface area (Å²) in [6, 6.07) is 3.84. The minimum atomic E-state index is -4.82. The lowest BCUT2D eigenvalue weighted by Gasteiger charge is -2.34. The summed E-state index contributed by atoms with van der Waals surface area (Å²) < 4.78 is 84.0. The lowest BCUT2D eigenvalue weighted by molar-refractivity contribution is -0.142. The maximum atomic E-state index is 14.3. The molecule has 2 aromatic rings. The fourth-order valence-electron chi connectivity index (χ4n) is 3.69. The van der Waals surface area contributed by atoms with E-state index in [1.54, 1.807) is 0 Å². The number of carbonyl (C=O) groups is 3.